The lowest BCUT2D eigenvalue weighted by Gasteiger charge is -2.17. The maximum absolute atomic E-state index is 12.6. The summed E-state index contributed by atoms with van der Waals surface area (Å²) in [7, 11) is 0. The summed E-state index contributed by atoms with van der Waals surface area (Å²) >= 11 is 0. The Hall–Kier alpha value is -2.82. The molecule has 5 nitrogen and oxygen atoms in total. The zero-order valence-corrected chi connectivity index (χ0v) is 15.0. The summed E-state index contributed by atoms with van der Waals surface area (Å²) in [5, 5.41) is 0. The third-order valence-corrected chi connectivity index (χ3v) is 5.61. The fourth-order valence-corrected chi connectivity index (χ4v) is 4.33. The van der Waals surface area contributed by atoms with Crippen LogP contribution in [0.2, 0.25) is 0 Å². The van der Waals surface area contributed by atoms with E-state index in [1.54, 1.807) is 0 Å². The minimum atomic E-state index is -0.285. The number of para-hydroxylation sites is 1. The third-order valence-electron chi connectivity index (χ3n) is 5.61. The smallest absolute Gasteiger partial charge is 0.271 e. The Kier molecular flexibility index (Phi) is 4.15. The number of allylic oxidation sites excluding steroid dienone is 2. The zero-order valence-electron chi connectivity index (χ0n) is 15.0. The lowest BCUT2D eigenvalue weighted by atomic mass is 9.93. The second kappa shape index (κ2) is 6.48. The molecule has 0 radical (unpaired) electrons. The fraction of sp³-hybridized carbons (Fsp3) is 0.333. The highest BCUT2D eigenvalue weighted by Gasteiger charge is 2.39. The number of nitrogens with one attached hydrogen (secondary N) is 2. The third kappa shape index (κ3) is 2.83. The van der Waals surface area contributed by atoms with Crippen molar-refractivity contribution in [2.75, 3.05) is 0 Å². The van der Waals surface area contributed by atoms with Gasteiger partial charge in [-0.25, -0.2) is 0 Å². The highest BCUT2D eigenvalue weighted by Crippen LogP contribution is 2.43. The molecule has 2 amide bonds. The molecule has 5 heteroatoms. The summed E-state index contributed by atoms with van der Waals surface area (Å²) < 4.78 is 2.04. The van der Waals surface area contributed by atoms with Crippen LogP contribution in [-0.4, -0.2) is 16.4 Å². The van der Waals surface area contributed by atoms with Crippen molar-refractivity contribution in [2.45, 2.75) is 26.7 Å². The van der Waals surface area contributed by atoms with Gasteiger partial charge in [0, 0.05) is 23.0 Å². The monoisotopic (exact) mass is 349 g/mol. The van der Waals surface area contributed by atoms with Crippen molar-refractivity contribution >= 4 is 11.8 Å². The van der Waals surface area contributed by atoms with Crippen LogP contribution >= 0.6 is 0 Å². The standard InChI is InChI=1S/C21H23N3O2/c1-13-10-18(14(2)24(13)17-6-4-3-5-7-17)20(25)22-23-21(26)19-12-15-8-9-16(19)11-15/h3-10,15-16,19H,11-12H2,1-2H3,(H,22,25)(H,23,26)/t15-,16+,19+/m1/s1. The molecule has 4 rings (SSSR count). The van der Waals surface area contributed by atoms with E-state index in [-0.39, 0.29) is 17.7 Å². The van der Waals surface area contributed by atoms with E-state index in [4.69, 9.17) is 0 Å². The highest BCUT2D eigenvalue weighted by molar-refractivity contribution is 5.97. The van der Waals surface area contributed by atoms with Gasteiger partial charge in [0.1, 0.15) is 0 Å². The summed E-state index contributed by atoms with van der Waals surface area (Å²) in [4.78, 5) is 25.0. The maximum Gasteiger partial charge on any atom is 0.271 e. The molecule has 2 N–H and O–H groups in total. The molecule has 1 heterocycles. The van der Waals surface area contributed by atoms with Crippen LogP contribution in [0.1, 0.15) is 34.6 Å². The summed E-state index contributed by atoms with van der Waals surface area (Å²) in [6.45, 7) is 3.88. The predicted octanol–water partition coefficient (Wildman–Crippen LogP) is 3.07. The van der Waals surface area contributed by atoms with Crippen molar-refractivity contribution < 1.29 is 9.59 Å². The van der Waals surface area contributed by atoms with Gasteiger partial charge in [0.15, 0.2) is 0 Å². The van der Waals surface area contributed by atoms with E-state index in [0.29, 0.717) is 17.4 Å². The van der Waals surface area contributed by atoms with Crippen molar-refractivity contribution in [2.24, 2.45) is 17.8 Å². The van der Waals surface area contributed by atoms with Gasteiger partial charge >= 0.3 is 0 Å². The Morgan fingerprint density at radius 1 is 1.04 bits per heavy atom. The van der Waals surface area contributed by atoms with Crippen molar-refractivity contribution in [3.63, 3.8) is 0 Å². The number of rotatable bonds is 3. The van der Waals surface area contributed by atoms with Crippen molar-refractivity contribution in [1.82, 2.24) is 15.4 Å². The van der Waals surface area contributed by atoms with Gasteiger partial charge in [0.25, 0.3) is 5.91 Å². The molecule has 1 aromatic heterocycles. The van der Waals surface area contributed by atoms with Crippen LogP contribution in [0.4, 0.5) is 0 Å². The molecule has 2 aliphatic carbocycles. The lowest BCUT2D eigenvalue weighted by Crippen LogP contribution is -2.45. The number of hydrazine groups is 1. The molecule has 0 aliphatic heterocycles. The molecule has 0 unspecified atom stereocenters. The van der Waals surface area contributed by atoms with Crippen LogP contribution in [-0.2, 0) is 4.79 Å². The lowest BCUT2D eigenvalue weighted by molar-refractivity contribution is -0.126. The van der Waals surface area contributed by atoms with E-state index >= 15 is 0 Å². The van der Waals surface area contributed by atoms with Crippen molar-refractivity contribution in [3.8, 4) is 5.69 Å². The Morgan fingerprint density at radius 3 is 2.46 bits per heavy atom. The molecule has 0 spiro atoms. The molecule has 134 valence electrons. The molecule has 26 heavy (non-hydrogen) atoms. The normalized spacial score (nSPS) is 23.2. The van der Waals surface area contributed by atoms with Gasteiger partial charge in [0.05, 0.1) is 5.56 Å². The van der Waals surface area contributed by atoms with Crippen molar-refractivity contribution in [3.05, 3.63) is 65.5 Å². The van der Waals surface area contributed by atoms with Crippen LogP contribution in [0.15, 0.2) is 48.6 Å². The number of carbonyl (C=O) groups excluding carboxylic acids is 2. The number of aryl methyl sites for hydroxylation is 1. The first kappa shape index (κ1) is 16.6. The molecule has 3 atom stereocenters. The van der Waals surface area contributed by atoms with E-state index in [2.05, 4.69) is 23.0 Å². The van der Waals surface area contributed by atoms with Gasteiger partial charge in [-0.3, -0.25) is 20.4 Å². The van der Waals surface area contributed by atoms with Crippen molar-refractivity contribution in [1.29, 1.82) is 0 Å². The second-order valence-electron chi connectivity index (χ2n) is 7.29. The van der Waals surface area contributed by atoms with Crippen LogP contribution in [0, 0.1) is 31.6 Å². The molecule has 0 saturated heterocycles. The number of nitrogens with zero attached hydrogens (tertiary/aromatic N) is 1. The summed E-state index contributed by atoms with van der Waals surface area (Å²) in [5.41, 5.74) is 8.62. The number of fused-ring (bicyclic) bond motifs is 2. The Balaban J connectivity index is 1.45. The molecule has 2 aliphatic rings. The topological polar surface area (TPSA) is 63.1 Å². The van der Waals surface area contributed by atoms with Gasteiger partial charge in [-0.1, -0.05) is 30.4 Å². The molecule has 1 fully saturated rings. The molecule has 2 aromatic rings. The number of aromatic nitrogens is 1. The van der Waals surface area contributed by atoms with E-state index in [0.717, 1.165) is 29.9 Å². The number of hydrogen-bond donors (Lipinski definition) is 2. The number of amides is 2. The van der Waals surface area contributed by atoms with Crippen LogP contribution in [0.3, 0.4) is 0 Å². The fourth-order valence-electron chi connectivity index (χ4n) is 4.33. The molecular weight excluding hydrogens is 326 g/mol. The minimum absolute atomic E-state index is 0.0259. The number of hydrogen-bond acceptors (Lipinski definition) is 2. The average Bonchev–Trinajstić information content (AvgIpc) is 3.35. The van der Waals surface area contributed by atoms with E-state index in [1.165, 1.54) is 0 Å². The van der Waals surface area contributed by atoms with Gasteiger partial charge < -0.3 is 4.57 Å². The zero-order chi connectivity index (χ0) is 18.3. The van der Waals surface area contributed by atoms with Gasteiger partial charge in [-0.2, -0.15) is 0 Å². The number of carbonyl (C=O) groups is 2. The second-order valence-corrected chi connectivity index (χ2v) is 7.29. The molecule has 1 aromatic carbocycles. The minimum Gasteiger partial charge on any atom is -0.318 e. The van der Waals surface area contributed by atoms with Crippen LogP contribution in [0.5, 0.6) is 0 Å². The Morgan fingerprint density at radius 2 is 1.81 bits per heavy atom. The van der Waals surface area contributed by atoms with E-state index < -0.39 is 0 Å². The quantitative estimate of drug-likeness (QED) is 0.661. The summed E-state index contributed by atoms with van der Waals surface area (Å²) in [5.74, 6) is 0.442. The first-order valence-electron chi connectivity index (χ1n) is 9.07. The first-order valence-corrected chi connectivity index (χ1v) is 9.07. The van der Waals surface area contributed by atoms with Gasteiger partial charge in [-0.15, -0.1) is 0 Å². The Bertz CT molecular complexity index is 882. The Labute approximate surface area is 153 Å². The molecule has 1 saturated carbocycles. The number of benzene rings is 1. The SMILES string of the molecule is Cc1cc(C(=O)NNC(=O)[C@H]2C[C@@H]3C=C[C@H]2C3)c(C)n1-c1ccccc1. The van der Waals surface area contributed by atoms with E-state index in [1.807, 2.05) is 54.8 Å². The highest BCUT2D eigenvalue weighted by atomic mass is 16.2. The summed E-state index contributed by atoms with van der Waals surface area (Å²) in [6.07, 6.45) is 6.27. The van der Waals surface area contributed by atoms with E-state index in [9.17, 15) is 9.59 Å². The summed E-state index contributed by atoms with van der Waals surface area (Å²) in [6, 6.07) is 11.8. The molecular formula is C21H23N3O2. The maximum atomic E-state index is 12.6. The van der Waals surface area contributed by atoms with Gasteiger partial charge in [0.2, 0.25) is 5.91 Å². The molecule has 2 bridgehead atoms. The largest absolute Gasteiger partial charge is 0.318 e. The van der Waals surface area contributed by atoms with Crippen LogP contribution in [0.25, 0.3) is 5.69 Å². The average molecular weight is 349 g/mol. The predicted molar refractivity (Wildman–Crippen MR) is 99.7 cm³/mol. The first-order chi connectivity index (χ1) is 12.5. The van der Waals surface area contributed by atoms with Gasteiger partial charge in [-0.05, 0) is 56.7 Å². The van der Waals surface area contributed by atoms with Crippen LogP contribution < -0.4 is 10.9 Å².